The van der Waals surface area contributed by atoms with Gasteiger partial charge in [-0.15, -0.1) is 0 Å². The average Bonchev–Trinajstić information content (AvgIpc) is 2.21. The molecule has 1 heterocycles. The SMILES string of the molecule is CC1(C)CCNCC1.c1ccccc1. The molecule has 0 radical (unpaired) electrons. The van der Waals surface area contributed by atoms with Gasteiger partial charge in [0.15, 0.2) is 0 Å². The van der Waals surface area contributed by atoms with E-state index in [1.807, 2.05) is 36.4 Å². The summed E-state index contributed by atoms with van der Waals surface area (Å²) in [6, 6.07) is 12.0. The third kappa shape index (κ3) is 5.03. The predicted molar refractivity (Wildman–Crippen MR) is 62.3 cm³/mol. The Morgan fingerprint density at radius 1 is 0.786 bits per heavy atom. The summed E-state index contributed by atoms with van der Waals surface area (Å²) in [6.07, 6.45) is 2.68. The zero-order valence-electron chi connectivity index (χ0n) is 9.29. The monoisotopic (exact) mass is 191 g/mol. The van der Waals surface area contributed by atoms with Gasteiger partial charge in [-0.3, -0.25) is 0 Å². The Labute approximate surface area is 87.5 Å². The predicted octanol–water partition coefficient (Wildman–Crippen LogP) is 3.08. The van der Waals surface area contributed by atoms with Gasteiger partial charge in [0.05, 0.1) is 0 Å². The van der Waals surface area contributed by atoms with Crippen molar-refractivity contribution in [1.82, 2.24) is 5.32 Å². The highest BCUT2D eigenvalue weighted by Crippen LogP contribution is 2.25. The molecular formula is C13H21N. The molecule has 0 saturated carbocycles. The van der Waals surface area contributed by atoms with Gasteiger partial charge < -0.3 is 5.32 Å². The molecule has 1 nitrogen and oxygen atoms in total. The highest BCUT2D eigenvalue weighted by Gasteiger charge is 2.19. The molecule has 1 N–H and O–H groups in total. The number of rotatable bonds is 0. The summed E-state index contributed by atoms with van der Waals surface area (Å²) in [5, 5.41) is 3.34. The first-order valence-electron chi connectivity index (χ1n) is 5.41. The summed E-state index contributed by atoms with van der Waals surface area (Å²) < 4.78 is 0. The number of hydrogen-bond acceptors (Lipinski definition) is 1. The van der Waals surface area contributed by atoms with E-state index in [0.717, 1.165) is 0 Å². The van der Waals surface area contributed by atoms with Crippen LogP contribution >= 0.6 is 0 Å². The fourth-order valence-electron chi connectivity index (χ4n) is 1.49. The maximum Gasteiger partial charge on any atom is -0.00438 e. The van der Waals surface area contributed by atoms with Crippen molar-refractivity contribution in [3.8, 4) is 0 Å². The van der Waals surface area contributed by atoms with Crippen LogP contribution in [0.5, 0.6) is 0 Å². The van der Waals surface area contributed by atoms with E-state index in [0.29, 0.717) is 5.41 Å². The molecule has 78 valence electrons. The molecule has 0 aromatic heterocycles. The smallest absolute Gasteiger partial charge is 0.00438 e. The molecular weight excluding hydrogens is 170 g/mol. The zero-order chi connectivity index (χ0) is 10.3. The van der Waals surface area contributed by atoms with E-state index >= 15 is 0 Å². The third-order valence-electron chi connectivity index (χ3n) is 2.62. The minimum absolute atomic E-state index is 0.616. The number of benzene rings is 1. The van der Waals surface area contributed by atoms with Crippen molar-refractivity contribution < 1.29 is 0 Å². The van der Waals surface area contributed by atoms with Crippen LogP contribution in [0.15, 0.2) is 36.4 Å². The van der Waals surface area contributed by atoms with Crippen LogP contribution in [0, 0.1) is 5.41 Å². The number of piperidine rings is 1. The molecule has 1 aliphatic heterocycles. The highest BCUT2D eigenvalue weighted by molar-refractivity contribution is 4.99. The summed E-state index contributed by atoms with van der Waals surface area (Å²) in [7, 11) is 0. The van der Waals surface area contributed by atoms with Gasteiger partial charge in [-0.1, -0.05) is 50.2 Å². The zero-order valence-corrected chi connectivity index (χ0v) is 9.29. The van der Waals surface area contributed by atoms with Gasteiger partial charge in [0.1, 0.15) is 0 Å². The van der Waals surface area contributed by atoms with E-state index in [9.17, 15) is 0 Å². The van der Waals surface area contributed by atoms with Crippen molar-refractivity contribution in [2.45, 2.75) is 26.7 Å². The summed E-state index contributed by atoms with van der Waals surface area (Å²) in [6.45, 7) is 7.11. The topological polar surface area (TPSA) is 12.0 Å². The normalized spacial score (nSPS) is 19.3. The van der Waals surface area contributed by atoms with Crippen LogP contribution in [0.25, 0.3) is 0 Å². The van der Waals surface area contributed by atoms with Crippen molar-refractivity contribution >= 4 is 0 Å². The third-order valence-corrected chi connectivity index (χ3v) is 2.62. The maximum absolute atomic E-state index is 3.34. The molecule has 0 unspecified atom stereocenters. The van der Waals surface area contributed by atoms with Crippen LogP contribution in [0.1, 0.15) is 26.7 Å². The fraction of sp³-hybridized carbons (Fsp3) is 0.538. The van der Waals surface area contributed by atoms with Crippen molar-refractivity contribution in [3.05, 3.63) is 36.4 Å². The van der Waals surface area contributed by atoms with Crippen LogP contribution in [0.2, 0.25) is 0 Å². The summed E-state index contributed by atoms with van der Waals surface area (Å²) >= 11 is 0. The van der Waals surface area contributed by atoms with E-state index in [2.05, 4.69) is 19.2 Å². The van der Waals surface area contributed by atoms with Crippen LogP contribution < -0.4 is 5.32 Å². The van der Waals surface area contributed by atoms with Crippen molar-refractivity contribution in [3.63, 3.8) is 0 Å². The molecule has 1 aromatic rings. The Kier molecular flexibility index (Phi) is 4.68. The molecule has 0 spiro atoms. The summed E-state index contributed by atoms with van der Waals surface area (Å²) in [4.78, 5) is 0. The van der Waals surface area contributed by atoms with E-state index in [4.69, 9.17) is 0 Å². The van der Waals surface area contributed by atoms with Gasteiger partial charge in [-0.2, -0.15) is 0 Å². The number of nitrogens with one attached hydrogen (secondary N) is 1. The second-order valence-electron chi connectivity index (χ2n) is 4.57. The average molecular weight is 191 g/mol. The fourth-order valence-corrected chi connectivity index (χ4v) is 1.49. The molecule has 1 heteroatoms. The lowest BCUT2D eigenvalue weighted by atomic mass is 9.83. The molecule has 0 amide bonds. The Hall–Kier alpha value is -0.820. The van der Waals surface area contributed by atoms with Gasteiger partial charge in [0.2, 0.25) is 0 Å². The molecule has 1 saturated heterocycles. The molecule has 1 aromatic carbocycles. The molecule has 0 aliphatic carbocycles. The highest BCUT2D eigenvalue weighted by atomic mass is 14.9. The van der Waals surface area contributed by atoms with Crippen molar-refractivity contribution in [1.29, 1.82) is 0 Å². The van der Waals surface area contributed by atoms with Gasteiger partial charge in [-0.25, -0.2) is 0 Å². The van der Waals surface area contributed by atoms with Crippen LogP contribution in [0.3, 0.4) is 0 Å². The molecule has 0 bridgehead atoms. The first-order chi connectivity index (χ1) is 6.71. The molecule has 1 fully saturated rings. The van der Waals surface area contributed by atoms with Crippen molar-refractivity contribution in [2.24, 2.45) is 5.41 Å². The Morgan fingerprint density at radius 2 is 1.14 bits per heavy atom. The lowest BCUT2D eigenvalue weighted by molar-refractivity contribution is 0.259. The summed E-state index contributed by atoms with van der Waals surface area (Å²) in [5.41, 5.74) is 0.616. The van der Waals surface area contributed by atoms with Crippen LogP contribution in [0.4, 0.5) is 0 Å². The Bertz CT molecular complexity index is 194. The lowest BCUT2D eigenvalue weighted by Crippen LogP contribution is -2.32. The standard InChI is InChI=1S/C7H15N.C6H6/c1-7(2)3-5-8-6-4-7;1-2-4-6-5-3-1/h8H,3-6H2,1-2H3;1-6H. The maximum atomic E-state index is 3.34. The van der Waals surface area contributed by atoms with E-state index in [1.54, 1.807) is 0 Å². The minimum atomic E-state index is 0.616. The molecule has 2 rings (SSSR count). The second-order valence-corrected chi connectivity index (χ2v) is 4.57. The van der Waals surface area contributed by atoms with Crippen LogP contribution in [-0.4, -0.2) is 13.1 Å². The van der Waals surface area contributed by atoms with Gasteiger partial charge in [0, 0.05) is 0 Å². The minimum Gasteiger partial charge on any atom is -0.317 e. The first-order valence-corrected chi connectivity index (χ1v) is 5.41. The van der Waals surface area contributed by atoms with E-state index in [1.165, 1.54) is 25.9 Å². The number of hydrogen-bond donors (Lipinski definition) is 1. The van der Waals surface area contributed by atoms with Gasteiger partial charge in [0.25, 0.3) is 0 Å². The van der Waals surface area contributed by atoms with Gasteiger partial charge in [-0.05, 0) is 31.3 Å². The Balaban J connectivity index is 0.000000146. The van der Waals surface area contributed by atoms with Crippen molar-refractivity contribution in [2.75, 3.05) is 13.1 Å². The first kappa shape index (κ1) is 11.3. The molecule has 14 heavy (non-hydrogen) atoms. The molecule has 0 atom stereocenters. The second kappa shape index (κ2) is 5.82. The van der Waals surface area contributed by atoms with E-state index in [-0.39, 0.29) is 0 Å². The largest absolute Gasteiger partial charge is 0.317 e. The molecule has 1 aliphatic rings. The summed E-state index contributed by atoms with van der Waals surface area (Å²) in [5.74, 6) is 0. The van der Waals surface area contributed by atoms with Gasteiger partial charge >= 0.3 is 0 Å². The van der Waals surface area contributed by atoms with E-state index < -0.39 is 0 Å². The van der Waals surface area contributed by atoms with Crippen LogP contribution in [-0.2, 0) is 0 Å². The lowest BCUT2D eigenvalue weighted by Gasteiger charge is -2.29. The Morgan fingerprint density at radius 3 is 1.36 bits per heavy atom. The quantitative estimate of drug-likeness (QED) is 0.664.